The maximum Gasteiger partial charge on any atom is 0.253 e. The van der Waals surface area contributed by atoms with Crippen LogP contribution in [0.25, 0.3) is 10.9 Å². The average Bonchev–Trinajstić information content (AvgIpc) is 2.27. The average molecular weight is 222 g/mol. The molecule has 0 atom stereocenters. The van der Waals surface area contributed by atoms with Gasteiger partial charge in [0.05, 0.1) is 12.6 Å². The maximum absolute atomic E-state index is 11.2. The lowest BCUT2D eigenvalue weighted by Gasteiger charge is -2.04. The number of benzene rings is 1. The Morgan fingerprint density at radius 1 is 1.40 bits per heavy atom. The maximum atomic E-state index is 11.2. The molecule has 2 rings (SSSR count). The Labute approximate surface area is 91.6 Å². The number of hydrogen-bond acceptors (Lipinski definition) is 3. The van der Waals surface area contributed by atoms with Gasteiger partial charge in [-0.3, -0.25) is 4.79 Å². The van der Waals surface area contributed by atoms with Crippen LogP contribution >= 0.6 is 11.6 Å². The standard InChI is InChI=1S/C11H8ClNO2/c1-15-10-6-8(11(12)14)7-4-2-3-5-9(7)13-10/h2-6H,1H3. The molecule has 0 unspecified atom stereocenters. The van der Waals surface area contributed by atoms with E-state index in [1.165, 1.54) is 13.2 Å². The van der Waals surface area contributed by atoms with Gasteiger partial charge >= 0.3 is 0 Å². The lowest BCUT2D eigenvalue weighted by atomic mass is 10.1. The van der Waals surface area contributed by atoms with Crippen LogP contribution in [0.15, 0.2) is 30.3 Å². The summed E-state index contributed by atoms with van der Waals surface area (Å²) in [5.74, 6) is 0.387. The van der Waals surface area contributed by atoms with Crippen molar-refractivity contribution in [3.8, 4) is 5.88 Å². The highest BCUT2D eigenvalue weighted by Gasteiger charge is 2.10. The van der Waals surface area contributed by atoms with Crippen LogP contribution < -0.4 is 4.74 Å². The molecule has 0 radical (unpaired) electrons. The first-order valence-electron chi connectivity index (χ1n) is 4.36. The van der Waals surface area contributed by atoms with Gasteiger partial charge in [-0.1, -0.05) is 18.2 Å². The summed E-state index contributed by atoms with van der Waals surface area (Å²) in [5, 5.41) is 0.227. The third kappa shape index (κ3) is 1.78. The number of methoxy groups -OCH3 is 1. The van der Waals surface area contributed by atoms with Crippen molar-refractivity contribution in [2.24, 2.45) is 0 Å². The second-order valence-corrected chi connectivity index (χ2v) is 3.35. The first-order valence-corrected chi connectivity index (χ1v) is 4.74. The largest absolute Gasteiger partial charge is 0.481 e. The molecule has 4 heteroatoms. The smallest absolute Gasteiger partial charge is 0.253 e. The van der Waals surface area contributed by atoms with E-state index in [0.29, 0.717) is 17.0 Å². The number of para-hydroxylation sites is 1. The van der Waals surface area contributed by atoms with E-state index in [4.69, 9.17) is 16.3 Å². The molecule has 2 aromatic rings. The van der Waals surface area contributed by atoms with Gasteiger partial charge in [-0.2, -0.15) is 0 Å². The van der Waals surface area contributed by atoms with Crippen molar-refractivity contribution in [2.75, 3.05) is 7.11 Å². The molecule has 0 saturated heterocycles. The van der Waals surface area contributed by atoms with Crippen LogP contribution in [0.3, 0.4) is 0 Å². The molecule has 0 fully saturated rings. The van der Waals surface area contributed by atoms with Crippen LogP contribution in [0.4, 0.5) is 0 Å². The summed E-state index contributed by atoms with van der Waals surface area (Å²) in [4.78, 5) is 15.4. The minimum absolute atomic E-state index is 0.387. The topological polar surface area (TPSA) is 39.2 Å². The monoisotopic (exact) mass is 221 g/mol. The van der Waals surface area contributed by atoms with Gasteiger partial charge in [0, 0.05) is 17.0 Å². The van der Waals surface area contributed by atoms with Crippen molar-refractivity contribution in [3.05, 3.63) is 35.9 Å². The van der Waals surface area contributed by atoms with E-state index >= 15 is 0 Å². The molecule has 0 N–H and O–H groups in total. The second kappa shape index (κ2) is 3.87. The number of carbonyl (C=O) groups excluding carboxylic acids is 1. The Hall–Kier alpha value is -1.61. The number of hydrogen-bond donors (Lipinski definition) is 0. The number of halogens is 1. The molecule has 1 heterocycles. The fourth-order valence-corrected chi connectivity index (χ4v) is 1.57. The summed E-state index contributed by atoms with van der Waals surface area (Å²) >= 11 is 5.49. The zero-order valence-electron chi connectivity index (χ0n) is 8.03. The third-order valence-corrected chi connectivity index (χ3v) is 2.32. The number of rotatable bonds is 2. The Bertz CT molecular complexity index is 525. The second-order valence-electron chi connectivity index (χ2n) is 3.00. The van der Waals surface area contributed by atoms with Gasteiger partial charge in [0.25, 0.3) is 5.24 Å². The van der Waals surface area contributed by atoms with Crippen LogP contribution in [0.2, 0.25) is 0 Å². The first-order chi connectivity index (χ1) is 7.22. The number of ether oxygens (including phenoxy) is 1. The molecule has 0 bridgehead atoms. The molecule has 76 valence electrons. The molecule has 15 heavy (non-hydrogen) atoms. The van der Waals surface area contributed by atoms with Crippen molar-refractivity contribution < 1.29 is 9.53 Å². The first kappa shape index (κ1) is 9.93. The van der Waals surface area contributed by atoms with E-state index in [1.54, 1.807) is 12.1 Å². The van der Waals surface area contributed by atoms with Crippen molar-refractivity contribution in [1.82, 2.24) is 4.98 Å². The molecule has 1 aromatic carbocycles. The molecule has 0 aliphatic heterocycles. The minimum atomic E-state index is -0.507. The molecule has 0 amide bonds. The van der Waals surface area contributed by atoms with Gasteiger partial charge in [0.2, 0.25) is 5.88 Å². The molecule has 3 nitrogen and oxygen atoms in total. The number of pyridine rings is 1. The van der Waals surface area contributed by atoms with Gasteiger partial charge < -0.3 is 4.74 Å². The van der Waals surface area contributed by atoms with Crippen molar-refractivity contribution in [2.45, 2.75) is 0 Å². The van der Waals surface area contributed by atoms with Crippen LogP contribution in [-0.2, 0) is 0 Å². The third-order valence-electron chi connectivity index (χ3n) is 2.11. The van der Waals surface area contributed by atoms with Crippen LogP contribution in [0.1, 0.15) is 10.4 Å². The van der Waals surface area contributed by atoms with E-state index in [1.807, 2.05) is 12.1 Å². The highest BCUT2D eigenvalue weighted by Crippen LogP contribution is 2.22. The summed E-state index contributed by atoms with van der Waals surface area (Å²) in [6.45, 7) is 0. The minimum Gasteiger partial charge on any atom is -0.481 e. The predicted molar refractivity (Wildman–Crippen MR) is 58.5 cm³/mol. The number of nitrogens with zero attached hydrogens (tertiary/aromatic N) is 1. The van der Waals surface area contributed by atoms with Crippen molar-refractivity contribution >= 4 is 27.7 Å². The predicted octanol–water partition coefficient (Wildman–Crippen LogP) is 2.62. The number of carbonyl (C=O) groups is 1. The van der Waals surface area contributed by atoms with Gasteiger partial charge in [-0.15, -0.1) is 0 Å². The van der Waals surface area contributed by atoms with Gasteiger partial charge in [0.1, 0.15) is 0 Å². The fourth-order valence-electron chi connectivity index (χ4n) is 1.42. The van der Waals surface area contributed by atoms with Crippen LogP contribution in [0, 0.1) is 0 Å². The summed E-state index contributed by atoms with van der Waals surface area (Å²) in [6, 6.07) is 8.83. The van der Waals surface area contributed by atoms with E-state index in [0.717, 1.165) is 5.39 Å². The number of fused-ring (bicyclic) bond motifs is 1. The zero-order valence-corrected chi connectivity index (χ0v) is 8.78. The summed E-state index contributed by atoms with van der Waals surface area (Å²) in [6.07, 6.45) is 0. The quantitative estimate of drug-likeness (QED) is 0.732. The Balaban J connectivity index is 2.80. The van der Waals surface area contributed by atoms with Gasteiger partial charge in [0.15, 0.2) is 0 Å². The normalized spacial score (nSPS) is 10.3. The molecular weight excluding hydrogens is 214 g/mol. The Kier molecular flexibility index (Phi) is 2.56. The van der Waals surface area contributed by atoms with Crippen LogP contribution in [0.5, 0.6) is 5.88 Å². The van der Waals surface area contributed by atoms with Crippen LogP contribution in [-0.4, -0.2) is 17.3 Å². The van der Waals surface area contributed by atoms with E-state index in [9.17, 15) is 4.79 Å². The zero-order chi connectivity index (χ0) is 10.8. The van der Waals surface area contributed by atoms with E-state index in [2.05, 4.69) is 4.98 Å². The van der Waals surface area contributed by atoms with E-state index in [-0.39, 0.29) is 0 Å². The summed E-state index contributed by atoms with van der Waals surface area (Å²) in [7, 11) is 1.50. The lowest BCUT2D eigenvalue weighted by Crippen LogP contribution is -1.96. The summed E-state index contributed by atoms with van der Waals surface area (Å²) in [5.41, 5.74) is 1.11. The van der Waals surface area contributed by atoms with Gasteiger partial charge in [-0.25, -0.2) is 4.98 Å². The molecule has 0 spiro atoms. The van der Waals surface area contributed by atoms with Crippen molar-refractivity contribution in [3.63, 3.8) is 0 Å². The molecular formula is C11H8ClNO2. The Morgan fingerprint density at radius 2 is 2.13 bits per heavy atom. The van der Waals surface area contributed by atoms with Gasteiger partial charge in [-0.05, 0) is 17.7 Å². The Morgan fingerprint density at radius 3 is 2.80 bits per heavy atom. The van der Waals surface area contributed by atoms with Crippen molar-refractivity contribution in [1.29, 1.82) is 0 Å². The molecule has 1 aromatic heterocycles. The molecule has 0 aliphatic carbocycles. The van der Waals surface area contributed by atoms with E-state index < -0.39 is 5.24 Å². The lowest BCUT2D eigenvalue weighted by molar-refractivity contribution is 0.108. The number of aromatic nitrogens is 1. The molecule has 0 aliphatic rings. The molecule has 0 saturated carbocycles. The SMILES string of the molecule is COc1cc(C(=O)Cl)c2ccccc2n1. The highest BCUT2D eigenvalue weighted by molar-refractivity contribution is 6.68. The summed E-state index contributed by atoms with van der Waals surface area (Å²) < 4.78 is 4.99. The highest BCUT2D eigenvalue weighted by atomic mass is 35.5. The fraction of sp³-hybridized carbons (Fsp3) is 0.0909.